The molecule has 6 nitrogen and oxygen atoms in total. The standard InChI is InChI=1S/C53H100O6/c1-4-7-10-13-16-19-22-24-25-26-27-29-31-34-37-40-43-46-52(55)58-49-50(48-57-51(54)45-42-39-36-33-30-21-18-15-12-9-6-3)59-53(56)47-44-41-38-35-32-28-23-20-17-14-11-8-5-2/h15,18,50H,4-14,16-17,19-49H2,1-3H3/b18-15-/t50-/m1/s1. The van der Waals surface area contributed by atoms with Crippen molar-refractivity contribution in [2.45, 2.75) is 297 Å². The first-order valence-corrected chi connectivity index (χ1v) is 26.2. The van der Waals surface area contributed by atoms with Crippen molar-refractivity contribution in [3.8, 4) is 0 Å². The molecule has 0 saturated carbocycles. The summed E-state index contributed by atoms with van der Waals surface area (Å²) in [6.07, 6.45) is 53.4. The van der Waals surface area contributed by atoms with Crippen LogP contribution in [0.25, 0.3) is 0 Å². The highest BCUT2D eigenvalue weighted by molar-refractivity contribution is 5.71. The van der Waals surface area contributed by atoms with Crippen LogP contribution in [0.4, 0.5) is 0 Å². The average molecular weight is 833 g/mol. The molecule has 0 amide bonds. The SMILES string of the molecule is CCCC/C=C\CCCCCCCC(=O)OC[C@H](COC(=O)CCCCCCCCCCCCCCCCCCC)OC(=O)CCCCCCCCCCCCCCC. The third-order valence-corrected chi connectivity index (χ3v) is 11.8. The molecule has 0 aliphatic heterocycles. The van der Waals surface area contributed by atoms with E-state index in [2.05, 4.69) is 32.9 Å². The molecule has 0 aliphatic rings. The predicted molar refractivity (Wildman–Crippen MR) is 252 cm³/mol. The number of allylic oxidation sites excluding steroid dienone is 2. The molecule has 0 saturated heterocycles. The van der Waals surface area contributed by atoms with Gasteiger partial charge in [-0.05, 0) is 38.5 Å². The smallest absolute Gasteiger partial charge is 0.306 e. The van der Waals surface area contributed by atoms with Gasteiger partial charge in [0.2, 0.25) is 0 Å². The fourth-order valence-corrected chi connectivity index (χ4v) is 7.78. The van der Waals surface area contributed by atoms with E-state index in [9.17, 15) is 14.4 Å². The minimum absolute atomic E-state index is 0.0672. The summed E-state index contributed by atoms with van der Waals surface area (Å²) >= 11 is 0. The lowest BCUT2D eigenvalue weighted by Crippen LogP contribution is -2.30. The van der Waals surface area contributed by atoms with Crippen molar-refractivity contribution in [3.63, 3.8) is 0 Å². The van der Waals surface area contributed by atoms with E-state index in [0.29, 0.717) is 19.3 Å². The molecule has 348 valence electrons. The average Bonchev–Trinajstić information content (AvgIpc) is 3.23. The number of rotatable bonds is 48. The van der Waals surface area contributed by atoms with E-state index in [4.69, 9.17) is 14.2 Å². The Morgan fingerprint density at radius 2 is 0.576 bits per heavy atom. The molecule has 0 N–H and O–H groups in total. The Morgan fingerprint density at radius 3 is 0.898 bits per heavy atom. The molecule has 0 radical (unpaired) electrons. The lowest BCUT2D eigenvalue weighted by Gasteiger charge is -2.18. The van der Waals surface area contributed by atoms with Gasteiger partial charge in [-0.3, -0.25) is 14.4 Å². The Kier molecular flexibility index (Phi) is 47.3. The zero-order valence-electron chi connectivity index (χ0n) is 39.8. The molecule has 0 heterocycles. The minimum atomic E-state index is -0.765. The maximum absolute atomic E-state index is 12.8. The Bertz CT molecular complexity index is 916. The molecular weight excluding hydrogens is 733 g/mol. The summed E-state index contributed by atoms with van der Waals surface area (Å²) in [4.78, 5) is 37.9. The van der Waals surface area contributed by atoms with Crippen molar-refractivity contribution in [1.29, 1.82) is 0 Å². The van der Waals surface area contributed by atoms with Crippen LogP contribution in [-0.4, -0.2) is 37.2 Å². The normalized spacial score (nSPS) is 12.0. The Hall–Kier alpha value is -1.85. The molecule has 0 bridgehead atoms. The molecule has 1 atom stereocenters. The van der Waals surface area contributed by atoms with Crippen LogP contribution < -0.4 is 0 Å². The topological polar surface area (TPSA) is 78.9 Å². The van der Waals surface area contributed by atoms with Crippen molar-refractivity contribution in [2.24, 2.45) is 0 Å². The van der Waals surface area contributed by atoms with E-state index in [1.807, 2.05) is 0 Å². The predicted octanol–water partition coefficient (Wildman–Crippen LogP) is 17.0. The lowest BCUT2D eigenvalue weighted by molar-refractivity contribution is -0.167. The van der Waals surface area contributed by atoms with Gasteiger partial charge >= 0.3 is 17.9 Å². The largest absolute Gasteiger partial charge is 0.462 e. The van der Waals surface area contributed by atoms with Crippen LogP contribution in [0.2, 0.25) is 0 Å². The second kappa shape index (κ2) is 48.8. The van der Waals surface area contributed by atoms with Gasteiger partial charge in [0.15, 0.2) is 6.10 Å². The van der Waals surface area contributed by atoms with Gasteiger partial charge < -0.3 is 14.2 Å². The highest BCUT2D eigenvalue weighted by atomic mass is 16.6. The van der Waals surface area contributed by atoms with Gasteiger partial charge in [-0.2, -0.15) is 0 Å². The van der Waals surface area contributed by atoms with Gasteiger partial charge in [0, 0.05) is 19.3 Å². The summed E-state index contributed by atoms with van der Waals surface area (Å²) in [5, 5.41) is 0. The fourth-order valence-electron chi connectivity index (χ4n) is 7.78. The first kappa shape index (κ1) is 57.1. The van der Waals surface area contributed by atoms with Crippen LogP contribution in [0, 0.1) is 0 Å². The summed E-state index contributed by atoms with van der Waals surface area (Å²) in [7, 11) is 0. The highest BCUT2D eigenvalue weighted by Crippen LogP contribution is 2.16. The van der Waals surface area contributed by atoms with Gasteiger partial charge in [0.25, 0.3) is 0 Å². The molecular formula is C53H100O6. The molecule has 0 aromatic rings. The molecule has 0 aromatic heterocycles. The van der Waals surface area contributed by atoms with Crippen LogP contribution in [0.3, 0.4) is 0 Å². The number of hydrogen-bond donors (Lipinski definition) is 0. The summed E-state index contributed by atoms with van der Waals surface area (Å²) in [5.41, 5.74) is 0. The first-order chi connectivity index (χ1) is 29.0. The summed E-state index contributed by atoms with van der Waals surface area (Å²) in [6.45, 7) is 6.63. The van der Waals surface area contributed by atoms with E-state index < -0.39 is 6.10 Å². The fraction of sp³-hybridized carbons (Fsp3) is 0.906. The van der Waals surface area contributed by atoms with E-state index in [1.165, 1.54) is 186 Å². The van der Waals surface area contributed by atoms with Gasteiger partial charge in [0.05, 0.1) is 0 Å². The Morgan fingerprint density at radius 1 is 0.322 bits per heavy atom. The summed E-state index contributed by atoms with van der Waals surface area (Å²) < 4.78 is 16.8. The van der Waals surface area contributed by atoms with Crippen molar-refractivity contribution < 1.29 is 28.6 Å². The molecule has 59 heavy (non-hydrogen) atoms. The number of hydrogen-bond acceptors (Lipinski definition) is 6. The number of ether oxygens (including phenoxy) is 3. The van der Waals surface area contributed by atoms with Crippen LogP contribution >= 0.6 is 0 Å². The Labute approximate surface area is 367 Å². The zero-order chi connectivity index (χ0) is 43.0. The van der Waals surface area contributed by atoms with Gasteiger partial charge in [0.1, 0.15) is 13.2 Å². The third-order valence-electron chi connectivity index (χ3n) is 11.8. The molecule has 0 spiro atoms. The molecule has 0 fully saturated rings. The van der Waals surface area contributed by atoms with Gasteiger partial charge in [-0.1, -0.05) is 245 Å². The molecule has 0 unspecified atom stereocenters. The molecule has 0 aromatic carbocycles. The van der Waals surface area contributed by atoms with Gasteiger partial charge in [-0.25, -0.2) is 0 Å². The van der Waals surface area contributed by atoms with Crippen LogP contribution in [0.1, 0.15) is 290 Å². The van der Waals surface area contributed by atoms with E-state index in [1.54, 1.807) is 0 Å². The number of carbonyl (C=O) groups is 3. The van der Waals surface area contributed by atoms with Crippen molar-refractivity contribution in [2.75, 3.05) is 13.2 Å². The van der Waals surface area contributed by atoms with Crippen molar-refractivity contribution in [3.05, 3.63) is 12.2 Å². The van der Waals surface area contributed by atoms with Gasteiger partial charge in [-0.15, -0.1) is 0 Å². The summed E-state index contributed by atoms with van der Waals surface area (Å²) in [5.74, 6) is -0.860. The second-order valence-electron chi connectivity index (χ2n) is 17.8. The first-order valence-electron chi connectivity index (χ1n) is 26.2. The Balaban J connectivity index is 4.29. The zero-order valence-corrected chi connectivity index (χ0v) is 39.8. The number of unbranched alkanes of at least 4 members (excludes halogenated alkanes) is 35. The second-order valence-corrected chi connectivity index (χ2v) is 17.8. The van der Waals surface area contributed by atoms with Crippen LogP contribution in [0.15, 0.2) is 12.2 Å². The van der Waals surface area contributed by atoms with Crippen molar-refractivity contribution >= 4 is 17.9 Å². The molecule has 0 aliphatic carbocycles. The maximum Gasteiger partial charge on any atom is 0.306 e. The van der Waals surface area contributed by atoms with E-state index in [-0.39, 0.29) is 31.1 Å². The molecule has 6 heteroatoms. The van der Waals surface area contributed by atoms with E-state index >= 15 is 0 Å². The lowest BCUT2D eigenvalue weighted by atomic mass is 10.0. The monoisotopic (exact) mass is 833 g/mol. The quantitative estimate of drug-likeness (QED) is 0.0263. The minimum Gasteiger partial charge on any atom is -0.462 e. The van der Waals surface area contributed by atoms with Crippen LogP contribution in [-0.2, 0) is 28.6 Å². The maximum atomic E-state index is 12.8. The summed E-state index contributed by atoms with van der Waals surface area (Å²) in [6, 6.07) is 0. The van der Waals surface area contributed by atoms with E-state index in [0.717, 1.165) is 64.2 Å². The number of carbonyl (C=O) groups excluding carboxylic acids is 3. The highest BCUT2D eigenvalue weighted by Gasteiger charge is 2.19. The van der Waals surface area contributed by atoms with Crippen LogP contribution in [0.5, 0.6) is 0 Å². The molecule has 0 rings (SSSR count). The van der Waals surface area contributed by atoms with Crippen molar-refractivity contribution in [1.82, 2.24) is 0 Å². The number of esters is 3. The third kappa shape index (κ3) is 47.1.